The molecule has 26 heavy (non-hydrogen) atoms. The lowest BCUT2D eigenvalue weighted by atomic mass is 10.1. The number of aromatic amines is 1. The van der Waals surface area contributed by atoms with Crippen LogP contribution in [0, 0.1) is 0 Å². The maximum Gasteiger partial charge on any atom is 0.257 e. The van der Waals surface area contributed by atoms with Gasteiger partial charge >= 0.3 is 0 Å². The molecule has 1 fully saturated rings. The summed E-state index contributed by atoms with van der Waals surface area (Å²) in [5.41, 5.74) is 3.45. The fraction of sp³-hybridized carbons (Fsp3) is 0.250. The van der Waals surface area contributed by atoms with E-state index in [1.165, 1.54) is 5.69 Å². The van der Waals surface area contributed by atoms with Crippen molar-refractivity contribution >= 4 is 39.8 Å². The maximum atomic E-state index is 12.6. The second-order valence-corrected chi connectivity index (χ2v) is 7.12. The van der Waals surface area contributed by atoms with E-state index in [1.54, 1.807) is 12.3 Å². The third-order valence-corrected chi connectivity index (χ3v) is 5.12. The Morgan fingerprint density at radius 1 is 1.08 bits per heavy atom. The van der Waals surface area contributed by atoms with Crippen molar-refractivity contribution in [3.63, 3.8) is 0 Å². The van der Waals surface area contributed by atoms with Crippen LogP contribution in [-0.4, -0.2) is 49.0 Å². The molecule has 1 amide bonds. The van der Waals surface area contributed by atoms with Gasteiger partial charge in [0.15, 0.2) is 0 Å². The van der Waals surface area contributed by atoms with E-state index in [0.29, 0.717) is 10.6 Å². The van der Waals surface area contributed by atoms with Gasteiger partial charge in [0.05, 0.1) is 5.56 Å². The number of nitrogens with one attached hydrogen (secondary N) is 2. The van der Waals surface area contributed by atoms with Crippen molar-refractivity contribution in [2.45, 2.75) is 0 Å². The second kappa shape index (κ2) is 7.02. The van der Waals surface area contributed by atoms with Crippen molar-refractivity contribution in [2.24, 2.45) is 0 Å². The molecule has 4 rings (SSSR count). The monoisotopic (exact) mass is 368 g/mol. The molecule has 0 spiro atoms. The summed E-state index contributed by atoms with van der Waals surface area (Å²) in [6, 6.07) is 13.5. The molecule has 134 valence electrons. The Morgan fingerprint density at radius 2 is 1.81 bits per heavy atom. The SMILES string of the molecule is CN1CCN(c2ccc(NC(=O)c3c[nH]c4cc(Cl)ccc34)cc2)CC1. The van der Waals surface area contributed by atoms with Crippen LogP contribution in [0.15, 0.2) is 48.7 Å². The lowest BCUT2D eigenvalue weighted by Crippen LogP contribution is -2.44. The zero-order valence-electron chi connectivity index (χ0n) is 14.6. The number of likely N-dealkylation sites (N-methyl/N-ethyl adjacent to an activating group) is 1. The van der Waals surface area contributed by atoms with E-state index in [9.17, 15) is 4.79 Å². The molecule has 1 aliphatic rings. The van der Waals surface area contributed by atoms with E-state index in [-0.39, 0.29) is 5.91 Å². The minimum atomic E-state index is -0.133. The minimum absolute atomic E-state index is 0.133. The molecule has 0 saturated carbocycles. The van der Waals surface area contributed by atoms with Crippen LogP contribution in [0.3, 0.4) is 0 Å². The highest BCUT2D eigenvalue weighted by molar-refractivity contribution is 6.31. The van der Waals surface area contributed by atoms with Gasteiger partial charge in [0, 0.05) is 59.7 Å². The van der Waals surface area contributed by atoms with Gasteiger partial charge in [-0.15, -0.1) is 0 Å². The number of nitrogens with zero attached hydrogens (tertiary/aromatic N) is 2. The molecule has 0 radical (unpaired) electrons. The first-order chi connectivity index (χ1) is 12.6. The molecule has 2 heterocycles. The van der Waals surface area contributed by atoms with Crippen LogP contribution in [0.5, 0.6) is 0 Å². The highest BCUT2D eigenvalue weighted by Crippen LogP contribution is 2.24. The van der Waals surface area contributed by atoms with Gasteiger partial charge in [-0.25, -0.2) is 0 Å². The number of aromatic nitrogens is 1. The number of hydrogen-bond donors (Lipinski definition) is 2. The van der Waals surface area contributed by atoms with Crippen LogP contribution in [0.2, 0.25) is 5.02 Å². The first-order valence-electron chi connectivity index (χ1n) is 8.72. The van der Waals surface area contributed by atoms with E-state index < -0.39 is 0 Å². The number of H-pyrrole nitrogens is 1. The number of fused-ring (bicyclic) bond motifs is 1. The van der Waals surface area contributed by atoms with Crippen molar-refractivity contribution < 1.29 is 4.79 Å². The number of benzene rings is 2. The Hall–Kier alpha value is -2.50. The van der Waals surface area contributed by atoms with Gasteiger partial charge in [0.25, 0.3) is 5.91 Å². The van der Waals surface area contributed by atoms with Gasteiger partial charge in [0.1, 0.15) is 0 Å². The van der Waals surface area contributed by atoms with Crippen LogP contribution in [0.4, 0.5) is 11.4 Å². The Bertz CT molecular complexity index is 927. The molecular weight excluding hydrogens is 348 g/mol. The molecule has 5 nitrogen and oxygen atoms in total. The molecule has 2 aromatic carbocycles. The first-order valence-corrected chi connectivity index (χ1v) is 9.09. The van der Waals surface area contributed by atoms with Gasteiger partial charge in [-0.1, -0.05) is 17.7 Å². The molecule has 0 atom stereocenters. The van der Waals surface area contributed by atoms with Crippen LogP contribution in [0.25, 0.3) is 10.9 Å². The first kappa shape index (κ1) is 16.9. The molecule has 6 heteroatoms. The molecular formula is C20H21ClN4O. The minimum Gasteiger partial charge on any atom is -0.369 e. The van der Waals surface area contributed by atoms with Crippen LogP contribution in [0.1, 0.15) is 10.4 Å². The maximum absolute atomic E-state index is 12.6. The normalized spacial score (nSPS) is 15.4. The van der Waals surface area contributed by atoms with Gasteiger partial charge in [0.2, 0.25) is 0 Å². The summed E-state index contributed by atoms with van der Waals surface area (Å²) >= 11 is 6.00. The van der Waals surface area contributed by atoms with Crippen LogP contribution >= 0.6 is 11.6 Å². The third kappa shape index (κ3) is 3.41. The summed E-state index contributed by atoms with van der Waals surface area (Å²) in [6.45, 7) is 4.20. The van der Waals surface area contributed by atoms with Crippen molar-refractivity contribution in [3.05, 3.63) is 59.2 Å². The second-order valence-electron chi connectivity index (χ2n) is 6.68. The quantitative estimate of drug-likeness (QED) is 0.738. The largest absolute Gasteiger partial charge is 0.369 e. The van der Waals surface area contributed by atoms with Gasteiger partial charge in [-0.2, -0.15) is 0 Å². The molecule has 0 aliphatic carbocycles. The Labute approximate surface area is 157 Å². The van der Waals surface area contributed by atoms with E-state index in [0.717, 1.165) is 42.8 Å². The molecule has 1 aromatic heterocycles. The molecule has 3 aromatic rings. The number of halogens is 1. The summed E-state index contributed by atoms with van der Waals surface area (Å²) in [5, 5.41) is 4.48. The smallest absolute Gasteiger partial charge is 0.257 e. The zero-order chi connectivity index (χ0) is 18.1. The van der Waals surface area contributed by atoms with Gasteiger partial charge in [-0.3, -0.25) is 4.79 Å². The molecule has 0 bridgehead atoms. The van der Waals surface area contributed by atoms with Crippen molar-refractivity contribution in [1.29, 1.82) is 0 Å². The summed E-state index contributed by atoms with van der Waals surface area (Å²) in [7, 11) is 2.15. The number of carbonyl (C=O) groups excluding carboxylic acids is 1. The molecule has 1 saturated heterocycles. The van der Waals surface area contributed by atoms with Gasteiger partial charge < -0.3 is 20.1 Å². The third-order valence-electron chi connectivity index (χ3n) is 4.88. The van der Waals surface area contributed by atoms with E-state index in [2.05, 4.69) is 39.3 Å². The average molecular weight is 369 g/mol. The molecule has 2 N–H and O–H groups in total. The zero-order valence-corrected chi connectivity index (χ0v) is 15.4. The van der Waals surface area contributed by atoms with Crippen molar-refractivity contribution in [1.82, 2.24) is 9.88 Å². The van der Waals surface area contributed by atoms with Crippen molar-refractivity contribution in [3.8, 4) is 0 Å². The van der Waals surface area contributed by atoms with Crippen LogP contribution in [-0.2, 0) is 0 Å². The number of hydrogen-bond acceptors (Lipinski definition) is 3. The average Bonchev–Trinajstić information content (AvgIpc) is 3.06. The highest BCUT2D eigenvalue weighted by atomic mass is 35.5. The molecule has 0 unspecified atom stereocenters. The Morgan fingerprint density at radius 3 is 2.54 bits per heavy atom. The Kier molecular flexibility index (Phi) is 4.57. The predicted molar refractivity (Wildman–Crippen MR) is 107 cm³/mol. The van der Waals surface area contributed by atoms with E-state index >= 15 is 0 Å². The van der Waals surface area contributed by atoms with Crippen molar-refractivity contribution in [2.75, 3.05) is 43.4 Å². The summed E-state index contributed by atoms with van der Waals surface area (Å²) in [6.07, 6.45) is 1.72. The topological polar surface area (TPSA) is 51.4 Å². The summed E-state index contributed by atoms with van der Waals surface area (Å²) < 4.78 is 0. The number of rotatable bonds is 3. The predicted octanol–water partition coefficient (Wildman–Crippen LogP) is 3.83. The van der Waals surface area contributed by atoms with Gasteiger partial charge in [-0.05, 0) is 43.4 Å². The number of anilines is 2. The molecule has 1 aliphatic heterocycles. The number of amides is 1. The highest BCUT2D eigenvalue weighted by Gasteiger charge is 2.15. The van der Waals surface area contributed by atoms with E-state index in [1.807, 2.05) is 24.3 Å². The number of carbonyl (C=O) groups is 1. The Balaban J connectivity index is 1.47. The fourth-order valence-electron chi connectivity index (χ4n) is 3.30. The fourth-order valence-corrected chi connectivity index (χ4v) is 3.48. The van der Waals surface area contributed by atoms with E-state index in [4.69, 9.17) is 11.6 Å². The number of piperazine rings is 1. The lowest BCUT2D eigenvalue weighted by molar-refractivity contribution is 0.102. The lowest BCUT2D eigenvalue weighted by Gasteiger charge is -2.34. The summed E-state index contributed by atoms with van der Waals surface area (Å²) in [5.74, 6) is -0.133. The summed E-state index contributed by atoms with van der Waals surface area (Å²) in [4.78, 5) is 20.4. The standard InChI is InChI=1S/C20H21ClN4O/c1-24-8-10-25(11-9-24)16-5-3-15(4-6-16)23-20(26)18-13-22-19-12-14(21)2-7-17(18)19/h2-7,12-13,22H,8-11H2,1H3,(H,23,26). The van der Waals surface area contributed by atoms with Crippen LogP contribution < -0.4 is 10.2 Å².